The topological polar surface area (TPSA) is 22.1 Å². The maximum absolute atomic E-state index is 5.63. The highest BCUT2D eigenvalue weighted by atomic mass is 33.1. The van der Waals surface area contributed by atoms with E-state index in [9.17, 15) is 0 Å². The van der Waals surface area contributed by atoms with Crippen molar-refractivity contribution in [2.75, 3.05) is 12.9 Å². The summed E-state index contributed by atoms with van der Waals surface area (Å²) in [5, 5.41) is 0. The number of rotatable bonds is 22. The number of unbranched alkanes of at least 4 members (excludes halogenated alkanes) is 15. The third-order valence-electron chi connectivity index (χ3n) is 6.71. The van der Waals surface area contributed by atoms with E-state index in [1.54, 1.807) is 0 Å². The van der Waals surface area contributed by atoms with Crippen molar-refractivity contribution >= 4 is 51.5 Å². The van der Waals surface area contributed by atoms with Crippen molar-refractivity contribution in [1.82, 2.24) is 4.98 Å². The zero-order chi connectivity index (χ0) is 24.3. The van der Waals surface area contributed by atoms with Crippen molar-refractivity contribution in [1.29, 1.82) is 0 Å². The third-order valence-corrected chi connectivity index (χ3v) is 13.2. The number of nitrogens with zero attached hydrogens (tertiary/aromatic N) is 1. The highest BCUT2D eigenvalue weighted by molar-refractivity contribution is 8.77. The Hall–Kier alpha value is -0.0131. The molecule has 2 aromatic rings. The van der Waals surface area contributed by atoms with Crippen LogP contribution in [-0.2, 0) is 4.43 Å². The molecule has 1 aromatic carbocycles. The molecule has 0 bridgehead atoms. The quantitative estimate of drug-likeness (QED) is 0.0639. The van der Waals surface area contributed by atoms with Crippen LogP contribution in [0.25, 0.3) is 10.2 Å². The van der Waals surface area contributed by atoms with Crippen molar-refractivity contribution in [2.45, 2.75) is 126 Å². The van der Waals surface area contributed by atoms with E-state index in [0.717, 1.165) is 5.52 Å². The molecule has 0 atom stereocenters. The van der Waals surface area contributed by atoms with Gasteiger partial charge in [0.15, 0.2) is 12.7 Å². The molecular weight excluding hydrogens is 493 g/mol. The van der Waals surface area contributed by atoms with Gasteiger partial charge in [-0.25, -0.2) is 4.98 Å². The van der Waals surface area contributed by atoms with Crippen molar-refractivity contribution in [2.24, 2.45) is 0 Å². The number of hydrogen-bond acceptors (Lipinski definition) is 5. The first-order chi connectivity index (χ1) is 16.6. The summed E-state index contributed by atoms with van der Waals surface area (Å²) in [5.41, 5.74) is 1.14. The van der Waals surface area contributed by atoms with Crippen LogP contribution < -0.4 is 0 Å². The molecule has 0 unspecified atom stereocenters. The van der Waals surface area contributed by atoms with E-state index in [1.807, 2.05) is 40.0 Å². The number of para-hydroxylation sites is 1. The molecule has 1 aromatic heterocycles. The Labute approximate surface area is 223 Å². The van der Waals surface area contributed by atoms with Gasteiger partial charge in [-0.2, -0.15) is 0 Å². The molecule has 34 heavy (non-hydrogen) atoms. The van der Waals surface area contributed by atoms with E-state index in [1.165, 1.54) is 124 Å². The largest absolute Gasteiger partial charge is 0.420 e. The van der Waals surface area contributed by atoms with Gasteiger partial charge in [-0.3, -0.25) is 0 Å². The van der Waals surface area contributed by atoms with E-state index in [0.29, 0.717) is 0 Å². The van der Waals surface area contributed by atoms with E-state index >= 15 is 0 Å². The molecule has 1 heterocycles. The minimum atomic E-state index is -1.31. The van der Waals surface area contributed by atoms with Gasteiger partial charge in [-0.15, -0.1) is 11.3 Å². The minimum Gasteiger partial charge on any atom is -0.420 e. The predicted molar refractivity (Wildman–Crippen MR) is 161 cm³/mol. The summed E-state index contributed by atoms with van der Waals surface area (Å²) in [6, 6.07) is 9.77. The van der Waals surface area contributed by atoms with Crippen LogP contribution >= 0.6 is 32.9 Å². The molecule has 0 aliphatic heterocycles. The molecule has 6 heteroatoms. The monoisotopic (exact) mass is 541 g/mol. The molecule has 0 saturated carbocycles. The molecule has 2 rings (SSSR count). The molecule has 0 radical (unpaired) electrons. The fraction of sp³-hybridized carbons (Fsp3) is 0.750. The first-order valence-electron chi connectivity index (χ1n) is 13.8. The first kappa shape index (κ1) is 30.2. The van der Waals surface area contributed by atoms with Crippen LogP contribution in [0.4, 0.5) is 0 Å². The molecule has 2 nitrogen and oxygen atoms in total. The smallest absolute Gasteiger partial charge is 0.186 e. The van der Waals surface area contributed by atoms with Gasteiger partial charge in [0.25, 0.3) is 0 Å². The standard InChI is InChI=1S/C28H49NOS3Si/c1-30-34(2,3)25-21-17-15-13-11-9-7-5-4-6-8-10-12-14-16-20-24-31-33-28-29-26-22-18-19-23-27(26)32-28/h18-19,22-23H,4-17,20-21,24-25H2,1-3H3/i30+2. The van der Waals surface area contributed by atoms with Crippen molar-refractivity contribution in [3.8, 4) is 0 Å². The van der Waals surface area contributed by atoms with Crippen LogP contribution in [0, 0.1) is 0 Å². The van der Waals surface area contributed by atoms with Crippen molar-refractivity contribution in [3.05, 3.63) is 24.3 Å². The number of thiazole rings is 1. The zero-order valence-electron chi connectivity index (χ0n) is 22.1. The lowest BCUT2D eigenvalue weighted by Gasteiger charge is -2.19. The Morgan fingerprint density at radius 2 is 1.24 bits per heavy atom. The molecule has 0 fully saturated rings. The molecule has 0 aliphatic rings. The second-order valence-electron chi connectivity index (χ2n) is 10.2. The van der Waals surface area contributed by atoms with Crippen LogP contribution in [0.15, 0.2) is 28.6 Å². The summed E-state index contributed by atoms with van der Waals surface area (Å²) in [5.74, 6) is 1.24. The maximum atomic E-state index is 5.63. The fourth-order valence-electron chi connectivity index (χ4n) is 4.27. The molecule has 194 valence electrons. The number of benzene rings is 1. The van der Waals surface area contributed by atoms with Gasteiger partial charge >= 0.3 is 0 Å². The van der Waals surface area contributed by atoms with Crippen LogP contribution in [0.5, 0.6) is 0 Å². The van der Waals surface area contributed by atoms with Crippen LogP contribution in [-0.4, -0.2) is 26.2 Å². The van der Waals surface area contributed by atoms with E-state index in [2.05, 4.69) is 37.4 Å². The highest BCUT2D eigenvalue weighted by Crippen LogP contribution is 2.37. The van der Waals surface area contributed by atoms with Gasteiger partial charge in [0, 0.05) is 12.9 Å². The molecule has 0 saturated heterocycles. The van der Waals surface area contributed by atoms with Crippen molar-refractivity contribution < 1.29 is 4.43 Å². The van der Waals surface area contributed by atoms with Crippen LogP contribution in [0.1, 0.15) is 103 Å². The molecule has 0 spiro atoms. The lowest BCUT2D eigenvalue weighted by molar-refractivity contribution is 0.400. The molecule has 0 aliphatic carbocycles. The van der Waals surface area contributed by atoms with Gasteiger partial charge < -0.3 is 4.43 Å². The molecule has 0 amide bonds. The maximum Gasteiger partial charge on any atom is 0.186 e. The van der Waals surface area contributed by atoms with E-state index in [4.69, 9.17) is 9.41 Å². The number of fused-ring (bicyclic) bond motifs is 1. The summed E-state index contributed by atoms with van der Waals surface area (Å²) in [7, 11) is 4.41. The normalized spacial score (nSPS) is 12.1. The van der Waals surface area contributed by atoms with E-state index < -0.39 is 8.32 Å². The lowest BCUT2D eigenvalue weighted by atomic mass is 10.0. The Kier molecular flexibility index (Phi) is 17.0. The summed E-state index contributed by atoms with van der Waals surface area (Å²) >= 11 is 1.82. The second-order valence-corrected chi connectivity index (χ2v) is 18.3. The number of hydrogen-bond donors (Lipinski definition) is 0. The van der Waals surface area contributed by atoms with Gasteiger partial charge in [0.05, 0.1) is 10.2 Å². The van der Waals surface area contributed by atoms with E-state index in [-0.39, 0.29) is 0 Å². The van der Waals surface area contributed by atoms with Crippen LogP contribution in [0.3, 0.4) is 0 Å². The Morgan fingerprint density at radius 3 is 1.76 bits per heavy atom. The summed E-state index contributed by atoms with van der Waals surface area (Å²) in [6.07, 6.45) is 22.8. The van der Waals surface area contributed by atoms with Gasteiger partial charge in [0.2, 0.25) is 0 Å². The second kappa shape index (κ2) is 19.1. The zero-order valence-corrected chi connectivity index (χ0v) is 25.6. The van der Waals surface area contributed by atoms with Crippen LogP contribution in [0.2, 0.25) is 19.1 Å². The Bertz CT molecular complexity index is 719. The highest BCUT2D eigenvalue weighted by Gasteiger charge is 2.19. The fourth-order valence-corrected chi connectivity index (χ4v) is 9.07. The Balaban J connectivity index is 1.25. The Morgan fingerprint density at radius 1 is 0.735 bits per heavy atom. The molecule has 0 N–H and O–H groups in total. The number of aromatic nitrogens is 1. The average Bonchev–Trinajstić information content (AvgIpc) is 3.25. The SMILES string of the molecule is C[18O][Si](C)(C)CCCCCCCCCCCCCCCCCCSSc1nc2ccccc2s1. The summed E-state index contributed by atoms with van der Waals surface area (Å²) in [6.45, 7) is 4.67. The summed E-state index contributed by atoms with van der Waals surface area (Å²) in [4.78, 5) is 4.70. The lowest BCUT2D eigenvalue weighted by Crippen LogP contribution is -2.27. The minimum absolute atomic E-state index is 1.14. The van der Waals surface area contributed by atoms with Crippen molar-refractivity contribution in [3.63, 3.8) is 0 Å². The van der Waals surface area contributed by atoms with Gasteiger partial charge in [-0.05, 0) is 48.5 Å². The molecular formula is C28H49NOS3Si. The van der Waals surface area contributed by atoms with Gasteiger partial charge in [0.1, 0.15) is 0 Å². The predicted octanol–water partition coefficient (Wildman–Crippen LogP) is 11.1. The first-order valence-corrected chi connectivity index (χ1v) is 20.1. The van der Waals surface area contributed by atoms with Gasteiger partial charge in [-0.1, -0.05) is 119 Å². The average molecular weight is 542 g/mol. The summed E-state index contributed by atoms with van der Waals surface area (Å²) < 4.78 is 8.13. The third kappa shape index (κ3) is 14.5.